The molecule has 1 saturated heterocycles. The van der Waals surface area contributed by atoms with Crippen molar-refractivity contribution in [1.29, 1.82) is 0 Å². The average Bonchev–Trinajstić information content (AvgIpc) is 2.43. The molecule has 0 N–H and O–H groups in total. The van der Waals surface area contributed by atoms with Gasteiger partial charge in [0.2, 0.25) is 5.91 Å². The number of rotatable bonds is 2. The molecular weight excluding hydrogens is 178 g/mol. The molecule has 0 aromatic rings. The second-order valence-electron chi connectivity index (χ2n) is 4.37. The second-order valence-corrected chi connectivity index (χ2v) is 4.37. The van der Waals surface area contributed by atoms with Gasteiger partial charge >= 0.3 is 0 Å². The van der Waals surface area contributed by atoms with Crippen LogP contribution in [0.3, 0.4) is 0 Å². The van der Waals surface area contributed by atoms with Gasteiger partial charge in [-0.3, -0.25) is 9.63 Å². The number of hydrogen-bond acceptors (Lipinski definition) is 2. The van der Waals surface area contributed by atoms with Crippen LogP contribution in [-0.4, -0.2) is 24.1 Å². The third-order valence-corrected chi connectivity index (χ3v) is 2.89. The lowest BCUT2D eigenvalue weighted by atomic mass is 9.97. The SMILES string of the molecule is CC(C)C(C)C(=O)N1CCCCCO1. The summed E-state index contributed by atoms with van der Waals surface area (Å²) in [5.41, 5.74) is 0. The summed E-state index contributed by atoms with van der Waals surface area (Å²) in [6, 6.07) is 0. The van der Waals surface area contributed by atoms with E-state index in [0.717, 1.165) is 19.4 Å². The van der Waals surface area contributed by atoms with E-state index < -0.39 is 0 Å². The minimum absolute atomic E-state index is 0.0631. The molecule has 82 valence electrons. The van der Waals surface area contributed by atoms with Gasteiger partial charge in [0.05, 0.1) is 6.61 Å². The van der Waals surface area contributed by atoms with E-state index in [-0.39, 0.29) is 11.8 Å². The van der Waals surface area contributed by atoms with Crippen molar-refractivity contribution < 1.29 is 9.63 Å². The first-order valence-corrected chi connectivity index (χ1v) is 5.57. The number of amides is 1. The zero-order valence-corrected chi connectivity index (χ0v) is 9.45. The van der Waals surface area contributed by atoms with Crippen LogP contribution < -0.4 is 0 Å². The van der Waals surface area contributed by atoms with Gasteiger partial charge in [-0.2, -0.15) is 0 Å². The molecule has 0 spiro atoms. The fourth-order valence-electron chi connectivity index (χ4n) is 1.46. The van der Waals surface area contributed by atoms with E-state index in [4.69, 9.17) is 4.84 Å². The van der Waals surface area contributed by atoms with Gasteiger partial charge < -0.3 is 0 Å². The van der Waals surface area contributed by atoms with Crippen LogP contribution >= 0.6 is 0 Å². The number of hydrogen-bond donors (Lipinski definition) is 0. The zero-order valence-electron chi connectivity index (χ0n) is 9.45. The molecule has 0 aromatic carbocycles. The van der Waals surface area contributed by atoms with Gasteiger partial charge in [0.1, 0.15) is 0 Å². The van der Waals surface area contributed by atoms with Crippen LogP contribution in [0.15, 0.2) is 0 Å². The third kappa shape index (κ3) is 2.98. The lowest BCUT2D eigenvalue weighted by Gasteiger charge is -2.24. The number of nitrogens with zero attached hydrogens (tertiary/aromatic N) is 1. The van der Waals surface area contributed by atoms with Crippen molar-refractivity contribution in [1.82, 2.24) is 5.06 Å². The lowest BCUT2D eigenvalue weighted by molar-refractivity contribution is -0.188. The van der Waals surface area contributed by atoms with Crippen molar-refractivity contribution in [3.05, 3.63) is 0 Å². The van der Waals surface area contributed by atoms with Gasteiger partial charge in [0.25, 0.3) is 0 Å². The maximum Gasteiger partial charge on any atom is 0.249 e. The molecule has 1 rings (SSSR count). The Morgan fingerprint density at radius 2 is 1.93 bits per heavy atom. The van der Waals surface area contributed by atoms with E-state index in [9.17, 15) is 4.79 Å². The van der Waals surface area contributed by atoms with Crippen molar-refractivity contribution >= 4 is 5.91 Å². The molecule has 1 heterocycles. The molecular formula is C11H21NO2. The molecule has 0 saturated carbocycles. The molecule has 1 unspecified atom stereocenters. The predicted octanol–water partition coefficient (Wildman–Crippen LogP) is 2.22. The first kappa shape index (κ1) is 11.5. The molecule has 1 amide bonds. The molecule has 0 aliphatic carbocycles. The highest BCUT2D eigenvalue weighted by Crippen LogP contribution is 2.16. The second kappa shape index (κ2) is 5.35. The number of hydroxylamine groups is 2. The van der Waals surface area contributed by atoms with Gasteiger partial charge in [-0.25, -0.2) is 5.06 Å². The Balaban J connectivity index is 2.49. The summed E-state index contributed by atoms with van der Waals surface area (Å²) in [6.07, 6.45) is 3.30. The summed E-state index contributed by atoms with van der Waals surface area (Å²) < 4.78 is 0. The highest BCUT2D eigenvalue weighted by atomic mass is 16.7. The Hall–Kier alpha value is -0.570. The standard InChI is InChI=1S/C11H21NO2/c1-9(2)10(3)11(13)12-7-5-4-6-8-14-12/h9-10H,4-8H2,1-3H3. The van der Waals surface area contributed by atoms with Crippen molar-refractivity contribution in [2.24, 2.45) is 11.8 Å². The smallest absolute Gasteiger partial charge is 0.249 e. The van der Waals surface area contributed by atoms with Crippen LogP contribution in [-0.2, 0) is 9.63 Å². The Morgan fingerprint density at radius 1 is 1.21 bits per heavy atom. The molecule has 1 aliphatic heterocycles. The van der Waals surface area contributed by atoms with Crippen molar-refractivity contribution in [3.63, 3.8) is 0 Å². The average molecular weight is 199 g/mol. The minimum atomic E-state index is 0.0631. The van der Waals surface area contributed by atoms with Crippen LogP contribution in [0, 0.1) is 11.8 Å². The Morgan fingerprint density at radius 3 is 2.57 bits per heavy atom. The highest BCUT2D eigenvalue weighted by Gasteiger charge is 2.24. The maximum atomic E-state index is 11.9. The molecule has 0 bridgehead atoms. The molecule has 0 aromatic heterocycles. The maximum absolute atomic E-state index is 11.9. The minimum Gasteiger partial charge on any atom is -0.272 e. The quantitative estimate of drug-likeness (QED) is 0.682. The fourth-order valence-corrected chi connectivity index (χ4v) is 1.46. The van der Waals surface area contributed by atoms with E-state index in [1.54, 1.807) is 5.06 Å². The molecule has 3 nitrogen and oxygen atoms in total. The number of carbonyl (C=O) groups excluding carboxylic acids is 1. The fraction of sp³-hybridized carbons (Fsp3) is 0.909. The van der Waals surface area contributed by atoms with E-state index >= 15 is 0 Å². The van der Waals surface area contributed by atoms with E-state index in [1.807, 2.05) is 6.92 Å². The lowest BCUT2D eigenvalue weighted by Crippen LogP contribution is -2.37. The summed E-state index contributed by atoms with van der Waals surface area (Å²) in [6.45, 7) is 7.56. The van der Waals surface area contributed by atoms with Crippen LogP contribution in [0.5, 0.6) is 0 Å². The monoisotopic (exact) mass is 199 g/mol. The Bertz CT molecular complexity index is 184. The largest absolute Gasteiger partial charge is 0.272 e. The molecule has 1 fully saturated rings. The van der Waals surface area contributed by atoms with E-state index in [1.165, 1.54) is 6.42 Å². The topological polar surface area (TPSA) is 29.5 Å². The van der Waals surface area contributed by atoms with Crippen LogP contribution in [0.4, 0.5) is 0 Å². The van der Waals surface area contributed by atoms with Crippen LogP contribution in [0.2, 0.25) is 0 Å². The predicted molar refractivity (Wildman–Crippen MR) is 55.5 cm³/mol. The molecule has 14 heavy (non-hydrogen) atoms. The van der Waals surface area contributed by atoms with Gasteiger partial charge in [0, 0.05) is 12.5 Å². The molecule has 0 radical (unpaired) electrons. The van der Waals surface area contributed by atoms with Crippen LogP contribution in [0.1, 0.15) is 40.0 Å². The Labute approximate surface area is 86.4 Å². The summed E-state index contributed by atoms with van der Waals surface area (Å²) in [4.78, 5) is 17.3. The van der Waals surface area contributed by atoms with Gasteiger partial charge in [0.15, 0.2) is 0 Å². The zero-order chi connectivity index (χ0) is 10.6. The van der Waals surface area contributed by atoms with Gasteiger partial charge in [-0.1, -0.05) is 20.8 Å². The van der Waals surface area contributed by atoms with Crippen molar-refractivity contribution in [3.8, 4) is 0 Å². The van der Waals surface area contributed by atoms with Gasteiger partial charge in [-0.15, -0.1) is 0 Å². The normalized spacial score (nSPS) is 20.7. The molecule has 1 atom stereocenters. The third-order valence-electron chi connectivity index (χ3n) is 2.89. The number of carbonyl (C=O) groups is 1. The summed E-state index contributed by atoms with van der Waals surface area (Å²) in [7, 11) is 0. The van der Waals surface area contributed by atoms with E-state index in [0.29, 0.717) is 12.5 Å². The van der Waals surface area contributed by atoms with E-state index in [2.05, 4.69) is 13.8 Å². The van der Waals surface area contributed by atoms with Crippen LogP contribution in [0.25, 0.3) is 0 Å². The summed E-state index contributed by atoms with van der Waals surface area (Å²) in [5, 5.41) is 1.57. The summed E-state index contributed by atoms with van der Waals surface area (Å²) >= 11 is 0. The molecule has 3 heteroatoms. The van der Waals surface area contributed by atoms with Crippen molar-refractivity contribution in [2.75, 3.05) is 13.2 Å². The summed E-state index contributed by atoms with van der Waals surface area (Å²) in [5.74, 6) is 0.587. The Kier molecular flexibility index (Phi) is 4.39. The van der Waals surface area contributed by atoms with Gasteiger partial charge in [-0.05, 0) is 25.2 Å². The molecule has 1 aliphatic rings. The first-order chi connectivity index (χ1) is 6.63. The first-order valence-electron chi connectivity index (χ1n) is 5.57. The van der Waals surface area contributed by atoms with Crippen molar-refractivity contribution in [2.45, 2.75) is 40.0 Å². The highest BCUT2D eigenvalue weighted by molar-refractivity contribution is 5.77.